The average Bonchev–Trinajstić information content (AvgIpc) is 3.95. The summed E-state index contributed by atoms with van der Waals surface area (Å²) < 4.78 is 39.2. The maximum absolute atomic E-state index is 14.6. The van der Waals surface area contributed by atoms with Crippen molar-refractivity contribution in [3.8, 4) is 0 Å². The van der Waals surface area contributed by atoms with Gasteiger partial charge in [-0.05, 0) is 112 Å². The zero-order valence-electron chi connectivity index (χ0n) is 32.7. The average molecular weight is 798 g/mol. The standard InChI is InChI=1S/C42H49F2N9O5/c1-49-36-24-28(7-10-34(36)53(42(49)57)35-11-12-38(54)48-41(35)56)27-13-18-50(19-14-27)21-23-58-22-4-2-3-16-45-40(55)31-26-46-52-20-15-37(47-39(31)52)51-17-5-6-33(51)30-25-29(43)8-9-32(30)44/h7-10,15,20,24-27,33,35H,2-6,11-14,16-19,21-23H2,1H3,(H,45,55)(H,48,54,56)/t33-,35?/m1/s1. The first-order chi connectivity index (χ1) is 28.2. The zero-order valence-corrected chi connectivity index (χ0v) is 32.7. The summed E-state index contributed by atoms with van der Waals surface area (Å²) in [6.07, 6.45) is 9.84. The molecule has 306 valence electrons. The van der Waals surface area contributed by atoms with E-state index in [0.29, 0.717) is 73.2 Å². The van der Waals surface area contributed by atoms with Crippen molar-refractivity contribution in [2.75, 3.05) is 50.8 Å². The summed E-state index contributed by atoms with van der Waals surface area (Å²) in [4.78, 5) is 59.6. The highest BCUT2D eigenvalue weighted by molar-refractivity contribution is 6.00. The van der Waals surface area contributed by atoms with Gasteiger partial charge in [0.05, 0.1) is 29.9 Å². The van der Waals surface area contributed by atoms with E-state index in [1.165, 1.54) is 22.4 Å². The van der Waals surface area contributed by atoms with E-state index < -0.39 is 23.6 Å². The molecule has 2 atom stereocenters. The molecule has 3 saturated heterocycles. The molecule has 0 spiro atoms. The molecule has 3 aromatic heterocycles. The third kappa shape index (κ3) is 8.12. The molecule has 0 aliphatic carbocycles. The lowest BCUT2D eigenvalue weighted by molar-refractivity contribution is -0.135. The number of fused-ring (bicyclic) bond motifs is 2. The van der Waals surface area contributed by atoms with Gasteiger partial charge in [-0.3, -0.25) is 28.8 Å². The van der Waals surface area contributed by atoms with Crippen LogP contribution < -0.4 is 21.2 Å². The minimum Gasteiger partial charge on any atom is -0.380 e. The van der Waals surface area contributed by atoms with E-state index in [9.17, 15) is 28.0 Å². The number of aryl methyl sites for hydroxylation is 1. The molecule has 1 unspecified atom stereocenters. The highest BCUT2D eigenvalue weighted by Gasteiger charge is 2.32. The van der Waals surface area contributed by atoms with Crippen molar-refractivity contribution in [2.24, 2.45) is 7.05 Å². The SMILES string of the molecule is Cn1c(=O)n(C2CCC(=O)NC2=O)c2ccc(C3CCN(CCOCCCCCNC(=O)c4cnn5ccc(N6CCC[C@@H]6c6cc(F)ccc6F)nc45)CC3)cc21. The van der Waals surface area contributed by atoms with Crippen LogP contribution in [-0.4, -0.2) is 92.3 Å². The highest BCUT2D eigenvalue weighted by Crippen LogP contribution is 2.37. The van der Waals surface area contributed by atoms with Crippen LogP contribution in [0.2, 0.25) is 0 Å². The third-order valence-corrected chi connectivity index (χ3v) is 12.0. The van der Waals surface area contributed by atoms with Crippen molar-refractivity contribution >= 4 is 40.2 Å². The molecule has 3 fully saturated rings. The van der Waals surface area contributed by atoms with Crippen LogP contribution in [0, 0.1) is 11.6 Å². The van der Waals surface area contributed by atoms with Crippen LogP contribution in [0.1, 0.15) is 97.3 Å². The van der Waals surface area contributed by atoms with Gasteiger partial charge in [0.2, 0.25) is 11.8 Å². The number of nitrogens with zero attached hydrogens (tertiary/aromatic N) is 7. The maximum atomic E-state index is 14.6. The van der Waals surface area contributed by atoms with E-state index >= 15 is 0 Å². The van der Waals surface area contributed by atoms with E-state index in [0.717, 1.165) is 75.8 Å². The first-order valence-electron chi connectivity index (χ1n) is 20.3. The van der Waals surface area contributed by atoms with Crippen LogP contribution in [-0.2, 0) is 21.4 Å². The van der Waals surface area contributed by atoms with Crippen molar-refractivity contribution in [1.29, 1.82) is 0 Å². The van der Waals surface area contributed by atoms with Gasteiger partial charge in [0.25, 0.3) is 5.91 Å². The fourth-order valence-electron chi connectivity index (χ4n) is 8.77. The lowest BCUT2D eigenvalue weighted by Crippen LogP contribution is -2.44. The predicted molar refractivity (Wildman–Crippen MR) is 213 cm³/mol. The Hall–Kier alpha value is -5.48. The van der Waals surface area contributed by atoms with E-state index in [4.69, 9.17) is 9.72 Å². The van der Waals surface area contributed by atoms with Gasteiger partial charge in [-0.15, -0.1) is 0 Å². The molecule has 3 aliphatic heterocycles. The molecule has 6 heterocycles. The molecule has 2 N–H and O–H groups in total. The number of likely N-dealkylation sites (tertiary alicyclic amines) is 1. The molecule has 2 aromatic carbocycles. The van der Waals surface area contributed by atoms with Crippen LogP contribution in [0.4, 0.5) is 14.6 Å². The molecular weight excluding hydrogens is 749 g/mol. The fourth-order valence-corrected chi connectivity index (χ4v) is 8.77. The quantitative estimate of drug-likeness (QED) is 0.120. The monoisotopic (exact) mass is 797 g/mol. The number of imidazole rings is 1. The van der Waals surface area contributed by atoms with Crippen LogP contribution in [0.5, 0.6) is 0 Å². The van der Waals surface area contributed by atoms with Crippen LogP contribution in [0.15, 0.2) is 59.7 Å². The topological polar surface area (TPSA) is 148 Å². The number of carbonyl (C=O) groups excluding carboxylic acids is 3. The van der Waals surface area contributed by atoms with Crippen molar-refractivity contribution in [1.82, 2.24) is 39.3 Å². The summed E-state index contributed by atoms with van der Waals surface area (Å²) in [7, 11) is 1.73. The van der Waals surface area contributed by atoms with Gasteiger partial charge in [-0.25, -0.2) is 23.1 Å². The van der Waals surface area contributed by atoms with Gasteiger partial charge >= 0.3 is 5.69 Å². The number of ether oxygens (including phenoxy) is 1. The molecule has 0 saturated carbocycles. The van der Waals surface area contributed by atoms with Gasteiger partial charge in [0.15, 0.2) is 5.65 Å². The number of benzene rings is 2. The smallest absolute Gasteiger partial charge is 0.329 e. The molecule has 8 rings (SSSR count). The number of hydrogen-bond donors (Lipinski definition) is 2. The minimum atomic E-state index is -0.691. The number of rotatable bonds is 14. The number of piperidine rings is 2. The van der Waals surface area contributed by atoms with E-state index in [-0.39, 0.29) is 30.0 Å². The second-order valence-electron chi connectivity index (χ2n) is 15.6. The number of anilines is 1. The second kappa shape index (κ2) is 17.2. The highest BCUT2D eigenvalue weighted by atomic mass is 19.1. The van der Waals surface area contributed by atoms with Crippen LogP contribution in [0.3, 0.4) is 0 Å². The predicted octanol–water partition coefficient (Wildman–Crippen LogP) is 4.78. The Bertz CT molecular complexity index is 2380. The first kappa shape index (κ1) is 39.4. The molecule has 0 radical (unpaired) electrons. The number of halogens is 2. The van der Waals surface area contributed by atoms with Crippen molar-refractivity contribution in [3.63, 3.8) is 0 Å². The first-order valence-corrected chi connectivity index (χ1v) is 20.3. The molecular formula is C42H49F2N9O5. The van der Waals surface area contributed by atoms with Gasteiger partial charge in [0, 0.05) is 51.5 Å². The summed E-state index contributed by atoms with van der Waals surface area (Å²) >= 11 is 0. The van der Waals surface area contributed by atoms with Gasteiger partial charge in [-0.1, -0.05) is 6.07 Å². The lowest BCUT2D eigenvalue weighted by Gasteiger charge is -2.32. The summed E-state index contributed by atoms with van der Waals surface area (Å²) in [6, 6.07) is 10.3. The Balaban J connectivity index is 0.737. The summed E-state index contributed by atoms with van der Waals surface area (Å²) in [5.74, 6) is -0.962. The summed E-state index contributed by atoms with van der Waals surface area (Å²) in [6.45, 7) is 5.23. The molecule has 58 heavy (non-hydrogen) atoms. The number of carbonyl (C=O) groups is 3. The number of amides is 3. The molecule has 3 aliphatic rings. The molecule has 3 amide bonds. The van der Waals surface area contributed by atoms with Gasteiger partial charge in [-0.2, -0.15) is 5.10 Å². The number of aromatic nitrogens is 5. The largest absolute Gasteiger partial charge is 0.380 e. The zero-order chi connectivity index (χ0) is 40.3. The normalized spacial score (nSPS) is 19.4. The third-order valence-electron chi connectivity index (χ3n) is 12.0. The lowest BCUT2D eigenvalue weighted by atomic mass is 9.89. The number of hydrogen-bond acceptors (Lipinski definition) is 9. The molecule has 16 heteroatoms. The number of nitrogens with one attached hydrogen (secondary N) is 2. The minimum absolute atomic E-state index is 0.213. The summed E-state index contributed by atoms with van der Waals surface area (Å²) in [5, 5.41) is 9.64. The molecule has 14 nitrogen and oxygen atoms in total. The maximum Gasteiger partial charge on any atom is 0.329 e. The Morgan fingerprint density at radius 1 is 0.931 bits per heavy atom. The summed E-state index contributed by atoms with van der Waals surface area (Å²) in [5.41, 5.74) is 3.50. The number of imide groups is 1. The molecule has 5 aromatic rings. The van der Waals surface area contributed by atoms with E-state index in [1.807, 2.05) is 11.0 Å². The molecule has 0 bridgehead atoms. The Labute approximate surface area is 334 Å². The van der Waals surface area contributed by atoms with Crippen LogP contribution in [0.25, 0.3) is 16.7 Å². The Morgan fingerprint density at radius 2 is 1.78 bits per heavy atom. The van der Waals surface area contributed by atoms with Crippen molar-refractivity contribution in [2.45, 2.75) is 75.8 Å². The van der Waals surface area contributed by atoms with E-state index in [2.05, 4.69) is 32.8 Å². The van der Waals surface area contributed by atoms with Crippen molar-refractivity contribution in [3.05, 3.63) is 93.7 Å². The van der Waals surface area contributed by atoms with Crippen LogP contribution >= 0.6 is 0 Å². The van der Waals surface area contributed by atoms with Crippen molar-refractivity contribution < 1.29 is 27.9 Å². The Kier molecular flexibility index (Phi) is 11.6. The fraction of sp³-hybridized carbons (Fsp3) is 0.476. The Morgan fingerprint density at radius 3 is 2.60 bits per heavy atom. The van der Waals surface area contributed by atoms with Gasteiger partial charge < -0.3 is 19.9 Å². The second-order valence-corrected chi connectivity index (χ2v) is 15.6. The van der Waals surface area contributed by atoms with E-state index in [1.54, 1.807) is 28.4 Å². The van der Waals surface area contributed by atoms with Gasteiger partial charge in [0.1, 0.15) is 29.1 Å². The number of unbranched alkanes of at least 4 members (excludes halogenated alkanes) is 2.